The number of esters is 2. The summed E-state index contributed by atoms with van der Waals surface area (Å²) in [5.74, 6) is -0.615. The molecule has 1 rings (SSSR count). The molecule has 0 aliphatic carbocycles. The monoisotopic (exact) mass is 459 g/mol. The molecule has 0 spiro atoms. The molecule has 0 aliphatic rings. The Balaban J connectivity index is 2.63. The minimum Gasteiger partial charge on any atom is -0.469 e. The lowest BCUT2D eigenvalue weighted by Gasteiger charge is -2.21. The fraction of sp³-hybridized carbons (Fsp3) is 0.500. The lowest BCUT2D eigenvalue weighted by molar-refractivity contribution is -0.140. The number of methoxy groups -OCH3 is 3. The van der Waals surface area contributed by atoms with Gasteiger partial charge in [0, 0.05) is 12.5 Å². The van der Waals surface area contributed by atoms with Crippen molar-refractivity contribution >= 4 is 18.0 Å². The maximum Gasteiger partial charge on any atom is 0.407 e. The lowest BCUT2D eigenvalue weighted by atomic mass is 9.95. The molecule has 1 amide bonds. The molecule has 0 saturated heterocycles. The van der Waals surface area contributed by atoms with Gasteiger partial charge in [-0.1, -0.05) is 61.7 Å². The van der Waals surface area contributed by atoms with Gasteiger partial charge in [-0.2, -0.15) is 0 Å². The Labute approximate surface area is 197 Å². The number of benzene rings is 1. The van der Waals surface area contributed by atoms with Crippen LogP contribution < -0.4 is 5.32 Å². The Morgan fingerprint density at radius 1 is 0.879 bits per heavy atom. The molecule has 1 atom stereocenters. The first-order valence-electron chi connectivity index (χ1n) is 11.4. The van der Waals surface area contributed by atoms with E-state index in [1.54, 1.807) is 0 Å². The summed E-state index contributed by atoms with van der Waals surface area (Å²) in [5.41, 5.74) is 1.78. The highest BCUT2D eigenvalue weighted by Crippen LogP contribution is 2.16. The minimum absolute atomic E-state index is 0.152. The Hall–Kier alpha value is -3.09. The van der Waals surface area contributed by atoms with Crippen LogP contribution in [0.15, 0.2) is 54.1 Å². The average Bonchev–Trinajstić information content (AvgIpc) is 2.84. The van der Waals surface area contributed by atoms with Gasteiger partial charge in [0.15, 0.2) is 0 Å². The van der Waals surface area contributed by atoms with Gasteiger partial charge in [-0.3, -0.25) is 4.79 Å². The fourth-order valence-corrected chi connectivity index (χ4v) is 3.34. The van der Waals surface area contributed by atoms with Crippen LogP contribution in [0.3, 0.4) is 0 Å². The predicted octanol–water partition coefficient (Wildman–Crippen LogP) is 4.90. The summed E-state index contributed by atoms with van der Waals surface area (Å²) >= 11 is 0. The summed E-state index contributed by atoms with van der Waals surface area (Å²) in [6, 6.07) is 9.34. The van der Waals surface area contributed by atoms with Gasteiger partial charge < -0.3 is 19.5 Å². The first-order chi connectivity index (χ1) is 16.0. The van der Waals surface area contributed by atoms with Crippen LogP contribution >= 0.6 is 0 Å². The Morgan fingerprint density at radius 2 is 1.58 bits per heavy atom. The third-order valence-corrected chi connectivity index (χ3v) is 5.21. The second kappa shape index (κ2) is 17.5. The van der Waals surface area contributed by atoms with Crippen molar-refractivity contribution in [2.45, 2.75) is 63.8 Å². The van der Waals surface area contributed by atoms with Crippen molar-refractivity contribution in [2.24, 2.45) is 0 Å². The highest BCUT2D eigenvalue weighted by Gasteiger charge is 2.19. The van der Waals surface area contributed by atoms with Crippen LogP contribution in [-0.2, 0) is 30.2 Å². The molecule has 33 heavy (non-hydrogen) atoms. The zero-order valence-electron chi connectivity index (χ0n) is 20.0. The van der Waals surface area contributed by atoms with E-state index in [-0.39, 0.29) is 5.97 Å². The van der Waals surface area contributed by atoms with Crippen molar-refractivity contribution in [3.63, 3.8) is 0 Å². The lowest BCUT2D eigenvalue weighted by Crippen LogP contribution is -2.38. The van der Waals surface area contributed by atoms with E-state index in [1.165, 1.54) is 27.4 Å². The fourth-order valence-electron chi connectivity index (χ4n) is 3.34. The molecule has 0 fully saturated rings. The number of hydrogen-bond donors (Lipinski definition) is 1. The van der Waals surface area contributed by atoms with Gasteiger partial charge in [-0.05, 0) is 43.2 Å². The van der Waals surface area contributed by atoms with Gasteiger partial charge in [0.05, 0.1) is 27.4 Å². The smallest absolute Gasteiger partial charge is 0.407 e. The molecule has 0 aliphatic heterocycles. The van der Waals surface area contributed by atoms with Crippen molar-refractivity contribution in [1.82, 2.24) is 5.32 Å². The molecule has 0 heterocycles. The van der Waals surface area contributed by atoms with Crippen LogP contribution in [0.25, 0.3) is 0 Å². The minimum atomic E-state index is -0.553. The molecule has 1 N–H and O–H groups in total. The van der Waals surface area contributed by atoms with Gasteiger partial charge in [-0.25, -0.2) is 9.59 Å². The second-order valence-corrected chi connectivity index (χ2v) is 7.68. The molecule has 182 valence electrons. The zero-order valence-corrected chi connectivity index (χ0v) is 20.0. The number of alkyl carbamates (subject to hydrolysis) is 1. The molecule has 1 aromatic rings. The number of carbonyl (C=O) groups excluding carboxylic acids is 3. The summed E-state index contributed by atoms with van der Waals surface area (Å²) in [7, 11) is 4.06. The first-order valence-corrected chi connectivity index (χ1v) is 11.4. The van der Waals surface area contributed by atoms with Gasteiger partial charge >= 0.3 is 18.0 Å². The summed E-state index contributed by atoms with van der Waals surface area (Å²) in [6.45, 7) is 0. The van der Waals surface area contributed by atoms with Crippen molar-refractivity contribution in [2.75, 3.05) is 21.3 Å². The summed E-state index contributed by atoms with van der Waals surface area (Å²) in [5, 5.41) is 2.83. The van der Waals surface area contributed by atoms with Gasteiger partial charge in [0.1, 0.15) is 0 Å². The number of amides is 1. The van der Waals surface area contributed by atoms with Gasteiger partial charge in [0.25, 0.3) is 0 Å². The van der Waals surface area contributed by atoms with Crippen molar-refractivity contribution in [3.8, 4) is 0 Å². The number of carbonyl (C=O) groups is 3. The number of unbranched alkanes of at least 4 members (excludes halogenated alkanes) is 5. The quantitative estimate of drug-likeness (QED) is 0.132. The Bertz CT molecular complexity index is 772. The number of hydrogen-bond acceptors (Lipinski definition) is 6. The van der Waals surface area contributed by atoms with E-state index in [0.29, 0.717) is 19.3 Å². The van der Waals surface area contributed by atoms with Crippen LogP contribution in [0.1, 0.15) is 56.9 Å². The molecule has 0 aromatic heterocycles. The normalized spacial score (nSPS) is 12.3. The topological polar surface area (TPSA) is 90.9 Å². The van der Waals surface area contributed by atoms with E-state index in [9.17, 15) is 14.4 Å². The molecule has 1 aromatic carbocycles. The molecule has 7 heteroatoms. The van der Waals surface area contributed by atoms with Crippen LogP contribution in [0.5, 0.6) is 0 Å². The molecule has 0 unspecified atom stereocenters. The van der Waals surface area contributed by atoms with Crippen molar-refractivity contribution < 1.29 is 28.6 Å². The van der Waals surface area contributed by atoms with E-state index in [0.717, 1.165) is 49.7 Å². The molecular formula is C26H37NO6. The maximum absolute atomic E-state index is 12.0. The highest BCUT2D eigenvalue weighted by molar-refractivity contribution is 5.83. The van der Waals surface area contributed by atoms with Gasteiger partial charge in [0.2, 0.25) is 0 Å². The van der Waals surface area contributed by atoms with Crippen molar-refractivity contribution in [3.05, 3.63) is 59.7 Å². The summed E-state index contributed by atoms with van der Waals surface area (Å²) in [6.07, 6.45) is 12.6. The third kappa shape index (κ3) is 13.1. The number of nitrogens with one attached hydrogen (secondary N) is 1. The number of allylic oxidation sites excluding steroid dienone is 2. The van der Waals surface area contributed by atoms with E-state index in [2.05, 4.69) is 16.1 Å². The summed E-state index contributed by atoms with van der Waals surface area (Å²) < 4.78 is 14.2. The van der Waals surface area contributed by atoms with E-state index < -0.39 is 18.1 Å². The molecular weight excluding hydrogens is 422 g/mol. The number of rotatable bonds is 15. The SMILES string of the molecule is COC(=O)/C=C(/C/C=C/CCCCCCCC(=O)OC)[C@H](Cc1ccccc1)NC(=O)OC. The van der Waals surface area contributed by atoms with E-state index >= 15 is 0 Å². The van der Waals surface area contributed by atoms with Crippen LogP contribution in [-0.4, -0.2) is 45.4 Å². The average molecular weight is 460 g/mol. The predicted molar refractivity (Wildman–Crippen MR) is 128 cm³/mol. The zero-order chi connectivity index (χ0) is 24.3. The third-order valence-electron chi connectivity index (χ3n) is 5.21. The molecule has 0 radical (unpaired) electrons. The largest absolute Gasteiger partial charge is 0.469 e. The summed E-state index contributed by atoms with van der Waals surface area (Å²) in [4.78, 5) is 35.0. The van der Waals surface area contributed by atoms with Crippen LogP contribution in [0.2, 0.25) is 0 Å². The Kier molecular flexibility index (Phi) is 14.8. The second-order valence-electron chi connectivity index (χ2n) is 7.68. The van der Waals surface area contributed by atoms with Crippen LogP contribution in [0, 0.1) is 0 Å². The first kappa shape index (κ1) is 27.9. The highest BCUT2D eigenvalue weighted by atomic mass is 16.5. The maximum atomic E-state index is 12.0. The number of ether oxygens (including phenoxy) is 3. The van der Waals surface area contributed by atoms with E-state index in [4.69, 9.17) is 9.47 Å². The molecule has 0 saturated carbocycles. The Morgan fingerprint density at radius 3 is 2.24 bits per heavy atom. The van der Waals surface area contributed by atoms with Crippen molar-refractivity contribution in [1.29, 1.82) is 0 Å². The van der Waals surface area contributed by atoms with Gasteiger partial charge in [-0.15, -0.1) is 0 Å². The van der Waals surface area contributed by atoms with E-state index in [1.807, 2.05) is 36.4 Å². The van der Waals surface area contributed by atoms with Crippen LogP contribution in [0.4, 0.5) is 4.79 Å². The standard InChI is InChI=1S/C26H37NO6/c1-31-24(28)18-14-9-7-5-4-6-8-13-17-22(20-25(29)32-2)23(27-26(30)33-3)19-21-15-11-10-12-16-21/h8,10-13,15-16,20,23H,4-7,9,14,17-19H2,1-3H3,(H,27,30)/b13-8+,22-20-/t23-/m0/s1. The molecule has 7 nitrogen and oxygen atoms in total. The molecule has 0 bridgehead atoms.